The number of benzene rings is 2. The fourth-order valence-corrected chi connectivity index (χ4v) is 6.93. The van der Waals surface area contributed by atoms with Gasteiger partial charge in [-0.1, -0.05) is 24.3 Å². The molecule has 14 heteroatoms. The molecule has 0 saturated carbocycles. The molecule has 3 N–H and O–H groups in total. The molecule has 2 aliphatic heterocycles. The molecule has 2 heterocycles. The molecule has 0 radical (unpaired) electrons. The summed E-state index contributed by atoms with van der Waals surface area (Å²) >= 11 is 3.21. The number of piperidine rings is 2. The number of methoxy groups -OCH3 is 2. The second-order valence-electron chi connectivity index (χ2n) is 10.7. The van der Waals surface area contributed by atoms with Gasteiger partial charge in [0.15, 0.2) is 0 Å². The van der Waals surface area contributed by atoms with Crippen LogP contribution in [0.15, 0.2) is 58.3 Å². The third-order valence-electron chi connectivity index (χ3n) is 7.53. The van der Waals surface area contributed by atoms with Crippen molar-refractivity contribution in [3.63, 3.8) is 0 Å². The zero-order valence-electron chi connectivity index (χ0n) is 26.2. The van der Waals surface area contributed by atoms with E-state index in [0.717, 1.165) is 40.1 Å². The van der Waals surface area contributed by atoms with E-state index in [1.807, 2.05) is 36.4 Å². The molecule has 0 aliphatic carbocycles. The van der Waals surface area contributed by atoms with Crippen molar-refractivity contribution in [2.24, 2.45) is 0 Å². The van der Waals surface area contributed by atoms with E-state index < -0.39 is 12.1 Å². The van der Waals surface area contributed by atoms with Crippen LogP contribution in [-0.2, 0) is 14.3 Å². The first-order chi connectivity index (χ1) is 22.1. The summed E-state index contributed by atoms with van der Waals surface area (Å²) in [5.74, 6) is -0.749. The highest BCUT2D eigenvalue weighted by atomic mass is 32.2. The summed E-state index contributed by atoms with van der Waals surface area (Å²) in [6.07, 6.45) is -1.42. The first kappa shape index (κ1) is 37.7. The highest BCUT2D eigenvalue weighted by Crippen LogP contribution is 2.25. The number of nitrogens with one attached hydrogen (secondary N) is 3. The van der Waals surface area contributed by atoms with Crippen LogP contribution in [0.1, 0.15) is 46.4 Å². The molecule has 2 saturated heterocycles. The number of hydrogen-bond acceptors (Lipinski definition) is 10. The Kier molecular flexibility index (Phi) is 16.2. The number of likely N-dealkylation sites (tertiary alicyclic amines) is 1. The van der Waals surface area contributed by atoms with Gasteiger partial charge < -0.3 is 30.3 Å². The van der Waals surface area contributed by atoms with Crippen molar-refractivity contribution in [3.05, 3.63) is 59.7 Å². The highest BCUT2D eigenvalue weighted by Gasteiger charge is 2.43. The number of hydrogen-bond donors (Lipinski definition) is 3. The summed E-state index contributed by atoms with van der Waals surface area (Å²) < 4.78 is 46.8. The van der Waals surface area contributed by atoms with Gasteiger partial charge in [-0.15, -0.1) is 23.5 Å². The normalized spacial score (nSPS) is 15.9. The van der Waals surface area contributed by atoms with Gasteiger partial charge in [0.2, 0.25) is 0 Å². The topological polar surface area (TPSA) is 109 Å². The van der Waals surface area contributed by atoms with Gasteiger partial charge in [0.1, 0.15) is 0 Å². The standard InChI is InChI=1S/C17H21F3N2O3S.C15H22N2O2S/c1-25-15(23)13-4-2-3-5-14(13)26-11-8-21-12-6-9-22(10-7-12)16(24)17(18,19)20;1-19-15(18)13-4-2-3-5-14(13)20-11-10-17-12-6-8-16-9-7-12/h2-5,12,21H,6-11H2,1H3;2-5,12,16-17H,6-11H2,1H3. The van der Waals surface area contributed by atoms with Gasteiger partial charge in [-0.25, -0.2) is 9.59 Å². The van der Waals surface area contributed by atoms with Crippen LogP contribution in [-0.4, -0.2) is 106 Å². The molecule has 2 aromatic rings. The summed E-state index contributed by atoms with van der Waals surface area (Å²) in [6.45, 7) is 4.04. The molecule has 2 fully saturated rings. The third kappa shape index (κ3) is 12.4. The fraction of sp³-hybridized carbons (Fsp3) is 0.531. The molecule has 0 unspecified atom stereocenters. The fourth-order valence-electron chi connectivity index (χ4n) is 5.08. The van der Waals surface area contributed by atoms with Gasteiger partial charge in [0, 0.05) is 59.6 Å². The number of amides is 1. The Bertz CT molecular complexity index is 1260. The van der Waals surface area contributed by atoms with E-state index in [-0.39, 0.29) is 31.1 Å². The molecule has 0 atom stereocenters. The largest absolute Gasteiger partial charge is 0.471 e. The van der Waals surface area contributed by atoms with Crippen molar-refractivity contribution in [2.45, 2.75) is 53.7 Å². The summed E-state index contributed by atoms with van der Waals surface area (Å²) in [4.78, 5) is 37.2. The van der Waals surface area contributed by atoms with Crippen LogP contribution in [0.25, 0.3) is 0 Å². The number of ether oxygens (including phenoxy) is 2. The third-order valence-corrected chi connectivity index (χ3v) is 9.68. The summed E-state index contributed by atoms with van der Waals surface area (Å²) in [6, 6.07) is 15.5. The number of halogens is 3. The summed E-state index contributed by atoms with van der Waals surface area (Å²) in [5.41, 5.74) is 1.17. The smallest absolute Gasteiger partial charge is 0.465 e. The second-order valence-corrected chi connectivity index (χ2v) is 12.9. The molecule has 254 valence electrons. The van der Waals surface area contributed by atoms with Crippen LogP contribution >= 0.6 is 23.5 Å². The van der Waals surface area contributed by atoms with E-state index in [1.165, 1.54) is 38.8 Å². The van der Waals surface area contributed by atoms with Crippen molar-refractivity contribution in [3.8, 4) is 0 Å². The first-order valence-corrected chi connectivity index (χ1v) is 17.2. The Morgan fingerprint density at radius 1 is 0.783 bits per heavy atom. The van der Waals surface area contributed by atoms with Crippen molar-refractivity contribution in [1.82, 2.24) is 20.9 Å². The van der Waals surface area contributed by atoms with Gasteiger partial charge in [-0.05, 0) is 63.0 Å². The average Bonchev–Trinajstić information content (AvgIpc) is 3.08. The second kappa shape index (κ2) is 19.8. The van der Waals surface area contributed by atoms with E-state index in [9.17, 15) is 27.6 Å². The number of esters is 2. The zero-order valence-corrected chi connectivity index (χ0v) is 27.8. The Balaban J connectivity index is 0.000000259. The summed E-state index contributed by atoms with van der Waals surface area (Å²) in [5, 5.41) is 10.2. The maximum atomic E-state index is 12.4. The SMILES string of the molecule is COC(=O)c1ccccc1SCCNC1CCN(C(=O)C(F)(F)F)CC1.COC(=O)c1ccccc1SCCNC1CCNCC1. The van der Waals surface area contributed by atoms with E-state index in [0.29, 0.717) is 42.3 Å². The minimum absolute atomic E-state index is 0.0868. The lowest BCUT2D eigenvalue weighted by molar-refractivity contribution is -0.186. The highest BCUT2D eigenvalue weighted by molar-refractivity contribution is 7.99. The molecule has 0 aromatic heterocycles. The quantitative estimate of drug-likeness (QED) is 0.167. The minimum Gasteiger partial charge on any atom is -0.465 e. The number of nitrogens with zero attached hydrogens (tertiary/aromatic N) is 1. The number of alkyl halides is 3. The van der Waals surface area contributed by atoms with E-state index in [4.69, 9.17) is 9.47 Å². The molecule has 46 heavy (non-hydrogen) atoms. The van der Waals surface area contributed by atoms with E-state index in [2.05, 4.69) is 16.0 Å². The van der Waals surface area contributed by atoms with Gasteiger partial charge in [0.25, 0.3) is 0 Å². The van der Waals surface area contributed by atoms with Crippen LogP contribution < -0.4 is 16.0 Å². The molecular formula is C32H43F3N4O5S2. The van der Waals surface area contributed by atoms with Crippen molar-refractivity contribution in [1.29, 1.82) is 0 Å². The minimum atomic E-state index is -4.80. The maximum Gasteiger partial charge on any atom is 0.471 e. The molecule has 1 amide bonds. The number of rotatable bonds is 12. The van der Waals surface area contributed by atoms with E-state index in [1.54, 1.807) is 23.9 Å². The van der Waals surface area contributed by atoms with Crippen molar-refractivity contribution in [2.75, 3.05) is 65.0 Å². The van der Waals surface area contributed by atoms with Crippen molar-refractivity contribution < 1.29 is 37.0 Å². The predicted molar refractivity (Wildman–Crippen MR) is 175 cm³/mol. The molecule has 9 nitrogen and oxygen atoms in total. The Morgan fingerprint density at radius 3 is 1.65 bits per heavy atom. The number of carbonyl (C=O) groups excluding carboxylic acids is 3. The Morgan fingerprint density at radius 2 is 1.22 bits per heavy atom. The lowest BCUT2D eigenvalue weighted by atomic mass is 10.1. The summed E-state index contributed by atoms with van der Waals surface area (Å²) in [7, 11) is 2.75. The zero-order chi connectivity index (χ0) is 33.4. The molecule has 2 aromatic carbocycles. The van der Waals surface area contributed by atoms with Crippen LogP contribution in [0.3, 0.4) is 0 Å². The monoisotopic (exact) mass is 684 g/mol. The molecule has 4 rings (SSSR count). The Labute approximate surface area is 277 Å². The maximum absolute atomic E-state index is 12.4. The first-order valence-electron chi connectivity index (χ1n) is 15.3. The lowest BCUT2D eigenvalue weighted by Gasteiger charge is -2.32. The molecule has 0 bridgehead atoms. The molecule has 2 aliphatic rings. The van der Waals surface area contributed by atoms with E-state index >= 15 is 0 Å². The van der Waals surface area contributed by atoms with Crippen LogP contribution in [0, 0.1) is 0 Å². The molecular weight excluding hydrogens is 642 g/mol. The van der Waals surface area contributed by atoms with Crippen LogP contribution in [0.2, 0.25) is 0 Å². The predicted octanol–water partition coefficient (Wildman–Crippen LogP) is 4.62. The van der Waals surface area contributed by atoms with Gasteiger partial charge in [-0.3, -0.25) is 4.79 Å². The van der Waals surface area contributed by atoms with Crippen molar-refractivity contribution >= 4 is 41.4 Å². The van der Waals surface area contributed by atoms with Crippen LogP contribution in [0.5, 0.6) is 0 Å². The van der Waals surface area contributed by atoms with Crippen LogP contribution in [0.4, 0.5) is 13.2 Å². The molecule has 0 spiro atoms. The number of thioether (sulfide) groups is 2. The van der Waals surface area contributed by atoms with Gasteiger partial charge >= 0.3 is 24.0 Å². The average molecular weight is 685 g/mol. The number of carbonyl (C=O) groups is 3. The van der Waals surface area contributed by atoms with Gasteiger partial charge in [0.05, 0.1) is 25.3 Å². The lowest BCUT2D eigenvalue weighted by Crippen LogP contribution is -2.49. The van der Waals surface area contributed by atoms with Gasteiger partial charge in [-0.2, -0.15) is 13.2 Å². The Hall–Kier alpha value is -2.78.